The van der Waals surface area contributed by atoms with Crippen molar-refractivity contribution in [2.75, 3.05) is 0 Å². The maximum atomic E-state index is 11.7. The van der Waals surface area contributed by atoms with Crippen molar-refractivity contribution in [3.05, 3.63) is 0 Å². The summed E-state index contributed by atoms with van der Waals surface area (Å²) in [5, 5.41) is 0. The zero-order valence-corrected chi connectivity index (χ0v) is 11.6. The second kappa shape index (κ2) is 5.51. The maximum Gasteiger partial charge on any atom is 0.136 e. The van der Waals surface area contributed by atoms with Gasteiger partial charge < -0.3 is 0 Å². The number of Topliss-reactive ketones (excluding diaryl/α,β-unsaturated/α-hetero) is 1. The molecule has 4 atom stereocenters. The molecule has 0 saturated carbocycles. The van der Waals surface area contributed by atoms with Gasteiger partial charge in [-0.25, -0.2) is 0 Å². The van der Waals surface area contributed by atoms with E-state index in [9.17, 15) is 4.79 Å². The number of hydrogen-bond donors (Lipinski definition) is 0. The first-order valence-electron chi connectivity index (χ1n) is 7.41. The molecule has 2 aliphatic rings. The van der Waals surface area contributed by atoms with Gasteiger partial charge in [0, 0.05) is 31.0 Å². The summed E-state index contributed by atoms with van der Waals surface area (Å²) in [6, 6.07) is 1.79. The molecule has 0 spiro atoms. The van der Waals surface area contributed by atoms with Gasteiger partial charge in [0.2, 0.25) is 0 Å². The monoisotopic (exact) mass is 237 g/mol. The largest absolute Gasteiger partial charge is 0.300 e. The lowest BCUT2D eigenvalue weighted by atomic mass is 9.81. The van der Waals surface area contributed by atoms with E-state index in [1.165, 1.54) is 32.1 Å². The van der Waals surface area contributed by atoms with E-state index in [0.29, 0.717) is 23.9 Å². The van der Waals surface area contributed by atoms with Gasteiger partial charge in [0.15, 0.2) is 0 Å². The van der Waals surface area contributed by atoms with Crippen molar-refractivity contribution < 1.29 is 4.79 Å². The molecule has 0 aromatic heterocycles. The summed E-state index contributed by atoms with van der Waals surface area (Å²) in [5.74, 6) is 1.31. The normalized spacial score (nSPS) is 33.5. The Hall–Kier alpha value is -0.370. The maximum absolute atomic E-state index is 11.7. The molecule has 0 aliphatic carbocycles. The Labute approximate surface area is 106 Å². The van der Waals surface area contributed by atoms with E-state index in [1.54, 1.807) is 0 Å². The molecule has 2 bridgehead atoms. The van der Waals surface area contributed by atoms with Gasteiger partial charge in [-0.2, -0.15) is 0 Å². The third kappa shape index (κ3) is 2.90. The molecule has 2 fully saturated rings. The molecule has 0 radical (unpaired) electrons. The van der Waals surface area contributed by atoms with Crippen LogP contribution in [0.3, 0.4) is 0 Å². The molecule has 0 amide bonds. The van der Waals surface area contributed by atoms with Crippen molar-refractivity contribution >= 4 is 5.78 Å². The van der Waals surface area contributed by atoms with Gasteiger partial charge in [0.25, 0.3) is 0 Å². The van der Waals surface area contributed by atoms with Crippen LogP contribution in [0.15, 0.2) is 0 Å². The number of piperidine rings is 2. The Kier molecular flexibility index (Phi) is 4.24. The molecule has 2 rings (SSSR count). The van der Waals surface area contributed by atoms with Crippen LogP contribution < -0.4 is 0 Å². The van der Waals surface area contributed by atoms with Crippen LogP contribution in [0.25, 0.3) is 0 Å². The Morgan fingerprint density at radius 3 is 2.35 bits per heavy atom. The first-order valence-corrected chi connectivity index (χ1v) is 7.41. The van der Waals surface area contributed by atoms with Gasteiger partial charge in [0.05, 0.1) is 0 Å². The standard InChI is InChI=1S/C15H27NO/c1-4-11(2)8-12(3)16-13-6-5-7-14(16)10-15(17)9-13/h11-14H,4-10H2,1-3H3. The summed E-state index contributed by atoms with van der Waals surface area (Å²) in [6.07, 6.45) is 8.02. The van der Waals surface area contributed by atoms with Crippen LogP contribution in [0.2, 0.25) is 0 Å². The highest BCUT2D eigenvalue weighted by molar-refractivity contribution is 5.80. The molecule has 0 N–H and O–H groups in total. The van der Waals surface area contributed by atoms with Crippen molar-refractivity contribution in [3.63, 3.8) is 0 Å². The van der Waals surface area contributed by atoms with Gasteiger partial charge in [-0.15, -0.1) is 0 Å². The lowest BCUT2D eigenvalue weighted by molar-refractivity contribution is -0.128. The molecule has 2 heterocycles. The quantitative estimate of drug-likeness (QED) is 0.747. The molecule has 0 aromatic rings. The number of nitrogens with zero attached hydrogens (tertiary/aromatic N) is 1. The fourth-order valence-electron chi connectivity index (χ4n) is 3.80. The van der Waals surface area contributed by atoms with Crippen LogP contribution in [0, 0.1) is 5.92 Å². The van der Waals surface area contributed by atoms with Crippen LogP contribution in [-0.2, 0) is 4.79 Å². The predicted molar refractivity (Wildman–Crippen MR) is 71.0 cm³/mol. The van der Waals surface area contributed by atoms with E-state index < -0.39 is 0 Å². The summed E-state index contributed by atoms with van der Waals surface area (Å²) in [7, 11) is 0. The van der Waals surface area contributed by atoms with Crippen molar-refractivity contribution in [1.82, 2.24) is 4.90 Å². The molecular formula is C15H27NO. The Morgan fingerprint density at radius 2 is 1.82 bits per heavy atom. The molecule has 2 nitrogen and oxygen atoms in total. The van der Waals surface area contributed by atoms with E-state index in [0.717, 1.165) is 18.8 Å². The Morgan fingerprint density at radius 1 is 1.24 bits per heavy atom. The van der Waals surface area contributed by atoms with Crippen LogP contribution in [0.4, 0.5) is 0 Å². The molecule has 98 valence electrons. The second-order valence-corrected chi connectivity index (χ2v) is 6.23. The van der Waals surface area contributed by atoms with Crippen molar-refractivity contribution in [2.24, 2.45) is 5.92 Å². The fraction of sp³-hybridized carbons (Fsp3) is 0.933. The van der Waals surface area contributed by atoms with Gasteiger partial charge in [-0.05, 0) is 32.1 Å². The number of fused-ring (bicyclic) bond motifs is 2. The summed E-state index contributed by atoms with van der Waals surface area (Å²) in [6.45, 7) is 6.99. The van der Waals surface area contributed by atoms with Gasteiger partial charge in [-0.3, -0.25) is 9.69 Å². The van der Waals surface area contributed by atoms with Crippen LogP contribution in [-0.4, -0.2) is 28.8 Å². The lowest BCUT2D eigenvalue weighted by Gasteiger charge is -2.49. The molecule has 2 aliphatic heterocycles. The zero-order valence-electron chi connectivity index (χ0n) is 11.6. The Balaban J connectivity index is 2.01. The van der Waals surface area contributed by atoms with E-state index >= 15 is 0 Å². The van der Waals surface area contributed by atoms with E-state index in [-0.39, 0.29) is 0 Å². The summed E-state index contributed by atoms with van der Waals surface area (Å²) >= 11 is 0. The van der Waals surface area contributed by atoms with Gasteiger partial charge in [0.1, 0.15) is 5.78 Å². The predicted octanol–water partition coefficient (Wildman–Crippen LogP) is 3.40. The minimum Gasteiger partial charge on any atom is -0.300 e. The lowest BCUT2D eigenvalue weighted by Crippen LogP contribution is -2.56. The first kappa shape index (κ1) is 13.1. The average molecular weight is 237 g/mol. The molecule has 0 aromatic carbocycles. The number of ketones is 1. The average Bonchev–Trinajstić information content (AvgIpc) is 2.27. The SMILES string of the molecule is CCC(C)CC(C)N1C2CCCC1CC(=O)C2. The Bertz CT molecular complexity index is 260. The fourth-order valence-corrected chi connectivity index (χ4v) is 3.80. The summed E-state index contributed by atoms with van der Waals surface area (Å²) in [4.78, 5) is 14.4. The molecule has 2 saturated heterocycles. The van der Waals surface area contributed by atoms with Gasteiger partial charge in [-0.1, -0.05) is 26.7 Å². The molecule has 2 heteroatoms. The van der Waals surface area contributed by atoms with Crippen LogP contribution >= 0.6 is 0 Å². The van der Waals surface area contributed by atoms with Crippen molar-refractivity contribution in [3.8, 4) is 0 Å². The molecular weight excluding hydrogens is 210 g/mol. The number of rotatable bonds is 4. The van der Waals surface area contributed by atoms with E-state index in [1.807, 2.05) is 0 Å². The summed E-state index contributed by atoms with van der Waals surface area (Å²) in [5.41, 5.74) is 0. The number of carbonyl (C=O) groups excluding carboxylic acids is 1. The van der Waals surface area contributed by atoms with Crippen LogP contribution in [0.1, 0.15) is 65.7 Å². The van der Waals surface area contributed by atoms with Crippen molar-refractivity contribution in [2.45, 2.75) is 83.8 Å². The second-order valence-electron chi connectivity index (χ2n) is 6.23. The van der Waals surface area contributed by atoms with E-state index in [2.05, 4.69) is 25.7 Å². The summed E-state index contributed by atoms with van der Waals surface area (Å²) < 4.78 is 0. The molecule has 17 heavy (non-hydrogen) atoms. The highest BCUT2D eigenvalue weighted by Gasteiger charge is 2.39. The zero-order chi connectivity index (χ0) is 12.4. The van der Waals surface area contributed by atoms with Gasteiger partial charge >= 0.3 is 0 Å². The number of hydrogen-bond acceptors (Lipinski definition) is 2. The first-order chi connectivity index (χ1) is 8.11. The highest BCUT2D eigenvalue weighted by atomic mass is 16.1. The van der Waals surface area contributed by atoms with E-state index in [4.69, 9.17) is 0 Å². The minimum atomic E-state index is 0.506. The molecule has 4 unspecified atom stereocenters. The third-order valence-electron chi connectivity index (χ3n) is 4.79. The van der Waals surface area contributed by atoms with Crippen molar-refractivity contribution in [1.29, 1.82) is 0 Å². The third-order valence-corrected chi connectivity index (χ3v) is 4.79. The smallest absolute Gasteiger partial charge is 0.136 e. The van der Waals surface area contributed by atoms with Crippen LogP contribution in [0.5, 0.6) is 0 Å². The minimum absolute atomic E-state index is 0.506. The highest BCUT2D eigenvalue weighted by Crippen LogP contribution is 2.35. The number of carbonyl (C=O) groups is 1. The topological polar surface area (TPSA) is 20.3 Å².